The van der Waals surface area contributed by atoms with Crippen LogP contribution in [-0.2, 0) is 4.79 Å². The van der Waals surface area contributed by atoms with Gasteiger partial charge in [-0.2, -0.15) is 0 Å². The maximum absolute atomic E-state index is 11.9. The summed E-state index contributed by atoms with van der Waals surface area (Å²) in [6.07, 6.45) is 0.310. The Hall–Kier alpha value is -1.88. The maximum Gasteiger partial charge on any atom is 0.229 e. The number of benzene rings is 1. The van der Waals surface area contributed by atoms with Crippen LogP contribution in [0.4, 0.5) is 5.13 Å². The molecule has 2 rings (SSSR count). The molecule has 1 heterocycles. The number of rotatable bonds is 6. The average molecular weight is 318 g/mol. The van der Waals surface area contributed by atoms with E-state index in [1.165, 1.54) is 11.3 Å². The van der Waals surface area contributed by atoms with Crippen molar-refractivity contribution in [2.75, 3.05) is 11.9 Å². The molecular formula is C17H22N2O2S. The Bertz CT molecular complexity index is 630. The minimum Gasteiger partial charge on any atom is -0.493 e. The van der Waals surface area contributed by atoms with Gasteiger partial charge in [-0.3, -0.25) is 4.79 Å². The first-order chi connectivity index (χ1) is 10.5. The molecule has 5 heteroatoms. The average Bonchev–Trinajstić information content (AvgIpc) is 2.91. The second kappa shape index (κ2) is 7.40. The highest BCUT2D eigenvalue weighted by molar-refractivity contribution is 7.13. The minimum absolute atomic E-state index is 0.0732. The van der Waals surface area contributed by atoms with Crippen molar-refractivity contribution < 1.29 is 9.53 Å². The van der Waals surface area contributed by atoms with Crippen molar-refractivity contribution >= 4 is 22.4 Å². The molecule has 2 aromatic rings. The number of aryl methyl sites for hydroxylation is 2. The van der Waals surface area contributed by atoms with Crippen LogP contribution in [0.1, 0.15) is 43.0 Å². The summed E-state index contributed by atoms with van der Waals surface area (Å²) in [5.74, 6) is 1.16. The first-order valence-electron chi connectivity index (χ1n) is 7.41. The fourth-order valence-electron chi connectivity index (χ4n) is 2.06. The molecule has 1 amide bonds. The number of anilines is 1. The van der Waals surface area contributed by atoms with Crippen LogP contribution in [0.2, 0.25) is 0 Å². The molecule has 0 atom stereocenters. The minimum atomic E-state index is -0.0732. The summed E-state index contributed by atoms with van der Waals surface area (Å²) in [6.45, 7) is 8.54. The van der Waals surface area contributed by atoms with Crippen molar-refractivity contribution in [2.45, 2.75) is 40.0 Å². The van der Waals surface area contributed by atoms with Gasteiger partial charge in [0.05, 0.1) is 18.7 Å². The molecule has 1 N–H and O–H groups in total. The molecule has 0 bridgehead atoms. The van der Waals surface area contributed by atoms with E-state index in [9.17, 15) is 4.79 Å². The van der Waals surface area contributed by atoms with Gasteiger partial charge in [0.1, 0.15) is 5.75 Å². The topological polar surface area (TPSA) is 51.2 Å². The number of ether oxygens (including phenoxy) is 1. The molecule has 0 aliphatic carbocycles. The lowest BCUT2D eigenvalue weighted by Crippen LogP contribution is -2.15. The highest BCUT2D eigenvalue weighted by Gasteiger charge is 2.10. The summed E-state index contributed by atoms with van der Waals surface area (Å²) < 4.78 is 5.74. The summed E-state index contributed by atoms with van der Waals surface area (Å²) in [5, 5.41) is 5.45. The van der Waals surface area contributed by atoms with E-state index >= 15 is 0 Å². The van der Waals surface area contributed by atoms with E-state index < -0.39 is 0 Å². The molecule has 0 unspecified atom stereocenters. The fraction of sp³-hybridized carbons (Fsp3) is 0.412. The van der Waals surface area contributed by atoms with Crippen LogP contribution in [0.25, 0.3) is 0 Å². The van der Waals surface area contributed by atoms with Crippen molar-refractivity contribution in [2.24, 2.45) is 0 Å². The highest BCUT2D eigenvalue weighted by atomic mass is 32.1. The van der Waals surface area contributed by atoms with Gasteiger partial charge in [-0.15, -0.1) is 11.3 Å². The maximum atomic E-state index is 11.9. The van der Waals surface area contributed by atoms with Crippen molar-refractivity contribution in [1.29, 1.82) is 0 Å². The number of nitrogens with one attached hydrogen (secondary N) is 1. The van der Waals surface area contributed by atoms with Gasteiger partial charge in [-0.1, -0.05) is 32.0 Å². The number of nitrogens with zero attached hydrogens (tertiary/aromatic N) is 1. The SMILES string of the molecule is Cc1cccc(C)c1OCCC(=O)Nc1nc(C(C)C)cs1. The number of carbonyl (C=O) groups is 1. The van der Waals surface area contributed by atoms with Crippen molar-refractivity contribution in [1.82, 2.24) is 4.98 Å². The summed E-state index contributed by atoms with van der Waals surface area (Å²) in [5.41, 5.74) is 3.18. The van der Waals surface area contributed by atoms with Gasteiger partial charge in [0.15, 0.2) is 5.13 Å². The van der Waals surface area contributed by atoms with Crippen molar-refractivity contribution in [3.05, 3.63) is 40.4 Å². The van der Waals surface area contributed by atoms with E-state index in [4.69, 9.17) is 4.74 Å². The standard InChI is InChI=1S/C17H22N2O2S/c1-11(2)14-10-22-17(18-14)19-15(20)8-9-21-16-12(3)6-5-7-13(16)4/h5-7,10-11H,8-9H2,1-4H3,(H,18,19,20). The van der Waals surface area contributed by atoms with Crippen LogP contribution in [0, 0.1) is 13.8 Å². The largest absolute Gasteiger partial charge is 0.493 e. The third kappa shape index (κ3) is 4.31. The Morgan fingerprint density at radius 2 is 2.00 bits per heavy atom. The Labute approximate surface area is 135 Å². The van der Waals surface area contributed by atoms with Crippen molar-refractivity contribution in [3.63, 3.8) is 0 Å². The van der Waals surface area contributed by atoms with Crippen LogP contribution in [0.5, 0.6) is 5.75 Å². The van der Waals surface area contributed by atoms with Gasteiger partial charge >= 0.3 is 0 Å². The van der Waals surface area contributed by atoms with E-state index in [1.54, 1.807) is 0 Å². The summed E-state index contributed by atoms with van der Waals surface area (Å²) in [6, 6.07) is 6.01. The smallest absolute Gasteiger partial charge is 0.229 e. The van der Waals surface area contributed by atoms with E-state index in [0.717, 1.165) is 22.6 Å². The molecule has 4 nitrogen and oxygen atoms in total. The predicted molar refractivity (Wildman–Crippen MR) is 90.9 cm³/mol. The normalized spacial score (nSPS) is 10.8. The summed E-state index contributed by atoms with van der Waals surface area (Å²) in [4.78, 5) is 16.3. The lowest BCUT2D eigenvalue weighted by atomic mass is 10.1. The van der Waals surface area contributed by atoms with E-state index in [1.807, 2.05) is 37.4 Å². The molecule has 0 spiro atoms. The molecular weight excluding hydrogens is 296 g/mol. The number of hydrogen-bond donors (Lipinski definition) is 1. The second-order valence-corrected chi connectivity index (χ2v) is 6.46. The quantitative estimate of drug-likeness (QED) is 0.864. The molecule has 0 saturated heterocycles. The van der Waals surface area contributed by atoms with Gasteiger partial charge in [-0.05, 0) is 30.9 Å². The Kier molecular flexibility index (Phi) is 5.55. The van der Waals surface area contributed by atoms with E-state index in [0.29, 0.717) is 24.1 Å². The number of thiazole rings is 1. The summed E-state index contributed by atoms with van der Waals surface area (Å²) in [7, 11) is 0. The molecule has 1 aromatic carbocycles. The molecule has 0 radical (unpaired) electrons. The molecule has 22 heavy (non-hydrogen) atoms. The summed E-state index contributed by atoms with van der Waals surface area (Å²) >= 11 is 1.46. The third-order valence-corrected chi connectivity index (χ3v) is 4.12. The number of amides is 1. The molecule has 0 aliphatic heterocycles. The lowest BCUT2D eigenvalue weighted by Gasteiger charge is -2.11. The Morgan fingerprint density at radius 1 is 1.32 bits per heavy atom. The number of para-hydroxylation sites is 1. The molecule has 0 aliphatic rings. The van der Waals surface area contributed by atoms with Crippen LogP contribution < -0.4 is 10.1 Å². The van der Waals surface area contributed by atoms with Crippen LogP contribution >= 0.6 is 11.3 Å². The van der Waals surface area contributed by atoms with Crippen LogP contribution in [0.3, 0.4) is 0 Å². The Balaban J connectivity index is 1.83. The number of hydrogen-bond acceptors (Lipinski definition) is 4. The van der Waals surface area contributed by atoms with Gasteiger partial charge in [0, 0.05) is 5.38 Å². The molecule has 0 fully saturated rings. The first kappa shape index (κ1) is 16.5. The van der Waals surface area contributed by atoms with Gasteiger partial charge < -0.3 is 10.1 Å². The van der Waals surface area contributed by atoms with Gasteiger partial charge in [0.2, 0.25) is 5.91 Å². The zero-order valence-corrected chi connectivity index (χ0v) is 14.3. The number of aromatic nitrogens is 1. The lowest BCUT2D eigenvalue weighted by molar-refractivity contribution is -0.116. The zero-order valence-electron chi connectivity index (χ0n) is 13.5. The third-order valence-electron chi connectivity index (χ3n) is 3.34. The zero-order chi connectivity index (χ0) is 16.1. The molecule has 1 aromatic heterocycles. The second-order valence-electron chi connectivity index (χ2n) is 5.60. The Morgan fingerprint density at radius 3 is 2.59 bits per heavy atom. The van der Waals surface area contributed by atoms with E-state index in [-0.39, 0.29) is 5.91 Å². The van der Waals surface area contributed by atoms with Crippen LogP contribution in [-0.4, -0.2) is 17.5 Å². The predicted octanol–water partition coefficient (Wildman–Crippen LogP) is 4.29. The van der Waals surface area contributed by atoms with Gasteiger partial charge in [-0.25, -0.2) is 4.98 Å². The first-order valence-corrected chi connectivity index (χ1v) is 8.29. The highest BCUT2D eigenvalue weighted by Crippen LogP contribution is 2.23. The molecule has 118 valence electrons. The number of carbonyl (C=O) groups excluding carboxylic acids is 1. The van der Waals surface area contributed by atoms with Crippen molar-refractivity contribution in [3.8, 4) is 5.75 Å². The fourth-order valence-corrected chi connectivity index (χ4v) is 2.95. The van der Waals surface area contributed by atoms with Gasteiger partial charge in [0.25, 0.3) is 0 Å². The monoisotopic (exact) mass is 318 g/mol. The van der Waals surface area contributed by atoms with E-state index in [2.05, 4.69) is 24.1 Å². The molecule has 0 saturated carbocycles. The van der Waals surface area contributed by atoms with Crippen LogP contribution in [0.15, 0.2) is 23.6 Å².